The minimum atomic E-state index is 0.845. The molecule has 1 aromatic heterocycles. The van der Waals surface area contributed by atoms with Crippen molar-refractivity contribution in [2.75, 3.05) is 18.0 Å². The zero-order chi connectivity index (χ0) is 9.97. The highest BCUT2D eigenvalue weighted by molar-refractivity contribution is 14.1. The highest BCUT2D eigenvalue weighted by atomic mass is 127. The molecule has 14 heavy (non-hydrogen) atoms. The van der Waals surface area contributed by atoms with Gasteiger partial charge in [-0.3, -0.25) is 0 Å². The molecule has 0 radical (unpaired) electrons. The minimum Gasteiger partial charge on any atom is -0.340 e. The fourth-order valence-electron chi connectivity index (χ4n) is 1.49. The molecule has 3 nitrogen and oxygen atoms in total. The van der Waals surface area contributed by atoms with E-state index in [1.54, 1.807) is 0 Å². The molecule has 1 fully saturated rings. The molecule has 1 aromatic rings. The van der Waals surface area contributed by atoms with Gasteiger partial charge in [-0.15, -0.1) is 0 Å². The lowest BCUT2D eigenvalue weighted by atomic mass is 10.1. The first kappa shape index (κ1) is 9.89. The molecule has 1 saturated heterocycles. The molecular formula is C10H12IN3. The van der Waals surface area contributed by atoms with Crippen LogP contribution in [0.15, 0.2) is 24.5 Å². The van der Waals surface area contributed by atoms with Gasteiger partial charge in [0.05, 0.1) is 0 Å². The molecule has 2 heterocycles. The van der Waals surface area contributed by atoms with Gasteiger partial charge >= 0.3 is 0 Å². The van der Waals surface area contributed by atoms with Gasteiger partial charge in [0.1, 0.15) is 0 Å². The van der Waals surface area contributed by atoms with Gasteiger partial charge in [-0.1, -0.05) is 12.2 Å². The standard InChI is InChI=1S/C10H12IN3/c1-8-2-4-14(5-3-8)10-12-6-9(11)7-13-10/h6-7H,1-5H2. The van der Waals surface area contributed by atoms with E-state index in [1.165, 1.54) is 5.57 Å². The van der Waals surface area contributed by atoms with Crippen LogP contribution < -0.4 is 4.90 Å². The quantitative estimate of drug-likeness (QED) is 0.588. The summed E-state index contributed by atoms with van der Waals surface area (Å²) in [4.78, 5) is 10.8. The van der Waals surface area contributed by atoms with Gasteiger partial charge < -0.3 is 4.90 Å². The normalized spacial score (nSPS) is 17.2. The topological polar surface area (TPSA) is 29.0 Å². The summed E-state index contributed by atoms with van der Waals surface area (Å²) in [5.41, 5.74) is 1.34. The molecular weight excluding hydrogens is 289 g/mol. The van der Waals surface area contributed by atoms with Crippen molar-refractivity contribution in [3.8, 4) is 0 Å². The van der Waals surface area contributed by atoms with Crippen LogP contribution in [0, 0.1) is 3.57 Å². The summed E-state index contributed by atoms with van der Waals surface area (Å²) >= 11 is 2.21. The molecule has 74 valence electrons. The second kappa shape index (κ2) is 4.25. The largest absolute Gasteiger partial charge is 0.340 e. The Bertz CT molecular complexity index is 324. The third-order valence-electron chi connectivity index (χ3n) is 2.36. The number of piperidine rings is 1. The van der Waals surface area contributed by atoms with Crippen LogP contribution >= 0.6 is 22.6 Å². The highest BCUT2D eigenvalue weighted by Gasteiger charge is 2.14. The second-order valence-electron chi connectivity index (χ2n) is 3.44. The molecule has 0 aromatic carbocycles. The summed E-state index contributed by atoms with van der Waals surface area (Å²) in [5.74, 6) is 0.845. The number of hydrogen-bond donors (Lipinski definition) is 0. The Balaban J connectivity index is 2.08. The van der Waals surface area contributed by atoms with Crippen molar-refractivity contribution in [1.82, 2.24) is 9.97 Å². The predicted octanol–water partition coefficient (Wildman–Crippen LogP) is 2.24. The molecule has 0 spiro atoms. The number of anilines is 1. The Kier molecular flexibility index (Phi) is 3.00. The van der Waals surface area contributed by atoms with Crippen LogP contribution in [-0.2, 0) is 0 Å². The van der Waals surface area contributed by atoms with Crippen molar-refractivity contribution in [3.63, 3.8) is 0 Å². The van der Waals surface area contributed by atoms with E-state index in [4.69, 9.17) is 0 Å². The van der Waals surface area contributed by atoms with E-state index >= 15 is 0 Å². The monoisotopic (exact) mass is 301 g/mol. The Hall–Kier alpha value is -0.650. The summed E-state index contributed by atoms with van der Waals surface area (Å²) < 4.78 is 1.08. The molecule has 1 aliphatic heterocycles. The zero-order valence-electron chi connectivity index (χ0n) is 7.91. The number of nitrogens with zero attached hydrogens (tertiary/aromatic N) is 3. The minimum absolute atomic E-state index is 0.845. The summed E-state index contributed by atoms with van der Waals surface area (Å²) in [5, 5.41) is 0. The highest BCUT2D eigenvalue weighted by Crippen LogP contribution is 2.18. The molecule has 0 aliphatic carbocycles. The maximum atomic E-state index is 4.30. The molecule has 0 atom stereocenters. The molecule has 0 amide bonds. The molecule has 4 heteroatoms. The molecule has 0 bridgehead atoms. The molecule has 1 aliphatic rings. The van der Waals surface area contributed by atoms with Crippen molar-refractivity contribution in [2.45, 2.75) is 12.8 Å². The first-order chi connectivity index (χ1) is 6.75. The number of rotatable bonds is 1. The Morgan fingerprint density at radius 3 is 2.36 bits per heavy atom. The van der Waals surface area contributed by atoms with Gasteiger partial charge in [-0.2, -0.15) is 0 Å². The van der Waals surface area contributed by atoms with Crippen LogP contribution in [0.1, 0.15) is 12.8 Å². The van der Waals surface area contributed by atoms with Crippen LogP contribution in [0.4, 0.5) is 5.95 Å². The van der Waals surface area contributed by atoms with Crippen LogP contribution in [-0.4, -0.2) is 23.1 Å². The Morgan fingerprint density at radius 2 is 1.79 bits per heavy atom. The van der Waals surface area contributed by atoms with E-state index in [0.29, 0.717) is 0 Å². The van der Waals surface area contributed by atoms with Crippen LogP contribution in [0.2, 0.25) is 0 Å². The SMILES string of the molecule is C=C1CCN(c2ncc(I)cn2)CC1. The van der Waals surface area contributed by atoms with E-state index in [2.05, 4.69) is 44.0 Å². The van der Waals surface area contributed by atoms with Crippen LogP contribution in [0.25, 0.3) is 0 Å². The molecule has 2 rings (SSSR count). The lowest BCUT2D eigenvalue weighted by Crippen LogP contribution is -2.31. The van der Waals surface area contributed by atoms with Gasteiger partial charge in [0.25, 0.3) is 0 Å². The van der Waals surface area contributed by atoms with Gasteiger partial charge in [0, 0.05) is 29.1 Å². The van der Waals surface area contributed by atoms with Crippen molar-refractivity contribution >= 4 is 28.5 Å². The third kappa shape index (κ3) is 2.23. The average molecular weight is 301 g/mol. The lowest BCUT2D eigenvalue weighted by molar-refractivity contribution is 0.669. The average Bonchev–Trinajstić information content (AvgIpc) is 2.21. The van der Waals surface area contributed by atoms with E-state index in [9.17, 15) is 0 Å². The summed E-state index contributed by atoms with van der Waals surface area (Å²) in [6, 6.07) is 0. The number of hydrogen-bond acceptors (Lipinski definition) is 3. The van der Waals surface area contributed by atoms with E-state index in [0.717, 1.165) is 35.4 Å². The third-order valence-corrected chi connectivity index (χ3v) is 2.92. The van der Waals surface area contributed by atoms with Crippen LogP contribution in [0.3, 0.4) is 0 Å². The predicted molar refractivity (Wildman–Crippen MR) is 65.3 cm³/mol. The maximum Gasteiger partial charge on any atom is 0.225 e. The van der Waals surface area contributed by atoms with Gasteiger partial charge in [0.2, 0.25) is 5.95 Å². The van der Waals surface area contributed by atoms with Gasteiger partial charge in [0.15, 0.2) is 0 Å². The first-order valence-corrected chi connectivity index (χ1v) is 5.73. The molecule has 0 unspecified atom stereocenters. The summed E-state index contributed by atoms with van der Waals surface area (Å²) in [6.45, 7) is 5.99. The van der Waals surface area contributed by atoms with Crippen molar-refractivity contribution in [1.29, 1.82) is 0 Å². The fraction of sp³-hybridized carbons (Fsp3) is 0.400. The van der Waals surface area contributed by atoms with Crippen LogP contribution in [0.5, 0.6) is 0 Å². The Labute approximate surface area is 97.4 Å². The summed E-state index contributed by atoms with van der Waals surface area (Å²) in [7, 11) is 0. The molecule has 0 N–H and O–H groups in total. The maximum absolute atomic E-state index is 4.30. The van der Waals surface area contributed by atoms with E-state index in [1.807, 2.05) is 12.4 Å². The van der Waals surface area contributed by atoms with Crippen molar-refractivity contribution in [3.05, 3.63) is 28.1 Å². The van der Waals surface area contributed by atoms with Gasteiger partial charge in [-0.25, -0.2) is 9.97 Å². The summed E-state index contributed by atoms with van der Waals surface area (Å²) in [6.07, 6.45) is 5.84. The second-order valence-corrected chi connectivity index (χ2v) is 4.68. The smallest absolute Gasteiger partial charge is 0.225 e. The number of halogens is 1. The molecule has 0 saturated carbocycles. The first-order valence-electron chi connectivity index (χ1n) is 4.65. The number of aromatic nitrogens is 2. The van der Waals surface area contributed by atoms with Crippen molar-refractivity contribution < 1.29 is 0 Å². The fourth-order valence-corrected chi connectivity index (χ4v) is 1.77. The van der Waals surface area contributed by atoms with Gasteiger partial charge in [-0.05, 0) is 35.4 Å². The van der Waals surface area contributed by atoms with Crippen molar-refractivity contribution in [2.24, 2.45) is 0 Å². The Morgan fingerprint density at radius 1 is 1.21 bits per heavy atom. The van der Waals surface area contributed by atoms with E-state index in [-0.39, 0.29) is 0 Å². The lowest BCUT2D eigenvalue weighted by Gasteiger charge is -2.27. The zero-order valence-corrected chi connectivity index (χ0v) is 10.1. The van der Waals surface area contributed by atoms with E-state index < -0.39 is 0 Å².